The highest BCUT2D eigenvalue weighted by Crippen LogP contribution is 2.41. The van der Waals surface area contributed by atoms with E-state index in [0.29, 0.717) is 5.57 Å². The van der Waals surface area contributed by atoms with Gasteiger partial charge in [0.2, 0.25) is 11.5 Å². The van der Waals surface area contributed by atoms with Crippen LogP contribution in [-0.4, -0.2) is 116 Å². The zero-order valence-electron chi connectivity index (χ0n) is 18.2. The molecule has 5 atom stereocenters. The SMILES string of the molecule is CO/N=C(\C(=O)N[C@@H]1C(=O)N2C(C(=O)[O-])=C(C[N+]3(C)C[C@@H](O)[C@@H](O)C3)CS[C@H]12)c1nsc(N)n1. The second-order valence-corrected chi connectivity index (χ2v) is 10.3. The van der Waals surface area contributed by atoms with Gasteiger partial charge in [-0.2, -0.15) is 9.36 Å². The molecule has 1 unspecified atom stereocenters. The number of carboxylic acids is 1. The van der Waals surface area contributed by atoms with Gasteiger partial charge in [0.25, 0.3) is 11.8 Å². The number of carbonyl (C=O) groups excluding carboxylic acids is 3. The number of anilines is 1. The average molecular weight is 514 g/mol. The normalized spacial score (nSPS) is 31.2. The number of rotatable bonds is 7. The van der Waals surface area contributed by atoms with E-state index >= 15 is 0 Å². The molecule has 0 aliphatic carbocycles. The Hall–Kier alpha value is -2.79. The summed E-state index contributed by atoms with van der Waals surface area (Å²) in [5.41, 5.74) is 5.51. The van der Waals surface area contributed by atoms with Gasteiger partial charge in [0, 0.05) is 22.9 Å². The Morgan fingerprint density at radius 1 is 1.38 bits per heavy atom. The number of amides is 2. The van der Waals surface area contributed by atoms with E-state index in [9.17, 15) is 29.7 Å². The van der Waals surface area contributed by atoms with Gasteiger partial charge in [-0.05, 0) is 0 Å². The number of β-lactam (4-membered cyclic amide) rings is 1. The zero-order valence-corrected chi connectivity index (χ0v) is 19.8. The molecule has 0 spiro atoms. The third-order valence-electron chi connectivity index (χ3n) is 5.85. The van der Waals surface area contributed by atoms with Gasteiger partial charge in [0.15, 0.2) is 5.13 Å². The summed E-state index contributed by atoms with van der Waals surface area (Å²) in [6, 6.07) is -1.01. The standard InChI is InChI=1S/C18H23N7O7S2/c1-25(4-8(26)9(27)5-25)3-7-6-33-16-11(15(29)24(16)12(7)17(30)31)20-14(28)10(22-32-2)13-21-18(19)34-23-13/h8-9,11,16,26-27H,3-6H2,1-2H3,(H3-,19,20,21,23,28,30,31)/b22-10-/t8-,9+,11-,16-,25?/m1/s1. The molecule has 34 heavy (non-hydrogen) atoms. The van der Waals surface area contributed by atoms with Gasteiger partial charge in [0.05, 0.1) is 18.7 Å². The van der Waals surface area contributed by atoms with Crippen LogP contribution in [-0.2, 0) is 19.2 Å². The number of likely N-dealkylation sites (tertiary alicyclic amines) is 1. The van der Waals surface area contributed by atoms with Crippen molar-refractivity contribution < 1.29 is 39.0 Å². The number of aromatic nitrogens is 2. The minimum absolute atomic E-state index is 0.0636. The number of fused-ring (bicyclic) bond motifs is 1. The summed E-state index contributed by atoms with van der Waals surface area (Å²) in [5.74, 6) is -2.69. The third-order valence-corrected chi connectivity index (χ3v) is 7.73. The van der Waals surface area contributed by atoms with E-state index in [-0.39, 0.29) is 52.2 Å². The van der Waals surface area contributed by atoms with Crippen LogP contribution < -0.4 is 16.2 Å². The number of nitrogens with two attached hydrogens (primary N) is 1. The molecule has 4 heterocycles. The number of quaternary nitrogens is 1. The first-order valence-corrected chi connectivity index (χ1v) is 12.0. The van der Waals surface area contributed by atoms with Crippen LogP contribution in [0.3, 0.4) is 0 Å². The van der Waals surface area contributed by atoms with Gasteiger partial charge in [0.1, 0.15) is 50.4 Å². The van der Waals surface area contributed by atoms with Crippen molar-refractivity contribution in [3.63, 3.8) is 0 Å². The number of aliphatic carboxylic acids is 1. The van der Waals surface area contributed by atoms with Gasteiger partial charge in [-0.15, -0.1) is 11.8 Å². The Morgan fingerprint density at radius 3 is 2.62 bits per heavy atom. The van der Waals surface area contributed by atoms with E-state index in [0.717, 1.165) is 16.4 Å². The molecule has 184 valence electrons. The number of aliphatic hydroxyl groups is 2. The molecule has 0 bridgehead atoms. The van der Waals surface area contributed by atoms with Gasteiger partial charge in [-0.25, -0.2) is 0 Å². The number of carboxylic acid groups (broad SMARTS) is 1. The lowest BCUT2D eigenvalue weighted by Gasteiger charge is -2.51. The monoisotopic (exact) mass is 513 g/mol. The molecule has 14 nitrogen and oxygen atoms in total. The van der Waals surface area contributed by atoms with Crippen LogP contribution >= 0.6 is 23.3 Å². The van der Waals surface area contributed by atoms with Crippen molar-refractivity contribution >= 4 is 51.9 Å². The second kappa shape index (κ2) is 9.10. The highest BCUT2D eigenvalue weighted by molar-refractivity contribution is 8.00. The summed E-state index contributed by atoms with van der Waals surface area (Å²) in [7, 11) is 3.03. The molecule has 3 aliphatic rings. The topological polar surface area (TPSA) is 203 Å². The molecule has 16 heteroatoms. The van der Waals surface area contributed by atoms with E-state index in [1.807, 2.05) is 0 Å². The molecule has 0 saturated carbocycles. The summed E-state index contributed by atoms with van der Waals surface area (Å²) >= 11 is 2.15. The predicted octanol–water partition coefficient (Wildman–Crippen LogP) is -3.94. The molecule has 2 fully saturated rings. The molecule has 0 radical (unpaired) electrons. The Labute approximate surface area is 201 Å². The van der Waals surface area contributed by atoms with Crippen LogP contribution in [0.4, 0.5) is 5.13 Å². The lowest BCUT2D eigenvalue weighted by atomic mass is 10.0. The van der Waals surface area contributed by atoms with Crippen molar-refractivity contribution in [3.05, 3.63) is 17.1 Å². The summed E-state index contributed by atoms with van der Waals surface area (Å²) < 4.78 is 4.15. The number of thioether (sulfide) groups is 1. The van der Waals surface area contributed by atoms with Crippen molar-refractivity contribution in [3.8, 4) is 0 Å². The highest BCUT2D eigenvalue weighted by Gasteiger charge is 2.54. The molecular weight excluding hydrogens is 490 g/mol. The van der Waals surface area contributed by atoms with Gasteiger partial charge in [-0.3, -0.25) is 14.5 Å². The number of nitrogens with zero attached hydrogens (tertiary/aromatic N) is 5. The van der Waals surface area contributed by atoms with Crippen molar-refractivity contribution in [1.82, 2.24) is 19.6 Å². The molecule has 5 N–H and O–H groups in total. The smallest absolute Gasteiger partial charge is 0.278 e. The first-order chi connectivity index (χ1) is 16.0. The van der Waals surface area contributed by atoms with Crippen LogP contribution in [0.25, 0.3) is 0 Å². The fourth-order valence-electron chi connectivity index (χ4n) is 4.42. The number of nitrogens with one attached hydrogen (secondary N) is 1. The number of aliphatic hydroxyl groups excluding tert-OH is 2. The Balaban J connectivity index is 1.52. The van der Waals surface area contributed by atoms with E-state index in [1.165, 1.54) is 18.9 Å². The van der Waals surface area contributed by atoms with E-state index < -0.39 is 41.4 Å². The van der Waals surface area contributed by atoms with Crippen LogP contribution in [0.5, 0.6) is 0 Å². The molecule has 2 amide bonds. The first kappa shape index (κ1) is 24.3. The maximum Gasteiger partial charge on any atom is 0.278 e. The van der Waals surface area contributed by atoms with E-state index in [4.69, 9.17) is 5.73 Å². The number of likely N-dealkylation sites (N-methyl/N-ethyl adjacent to an activating group) is 1. The lowest BCUT2D eigenvalue weighted by Crippen LogP contribution is -2.71. The Kier molecular flexibility index (Phi) is 6.52. The predicted molar refractivity (Wildman–Crippen MR) is 118 cm³/mol. The quantitative estimate of drug-likeness (QED) is 0.120. The molecule has 0 aromatic carbocycles. The fourth-order valence-corrected chi connectivity index (χ4v) is 6.19. The largest absolute Gasteiger partial charge is 0.543 e. The average Bonchev–Trinajstić information content (AvgIpc) is 3.30. The van der Waals surface area contributed by atoms with Gasteiger partial charge < -0.3 is 40.5 Å². The first-order valence-electron chi connectivity index (χ1n) is 10.1. The van der Waals surface area contributed by atoms with Crippen LogP contribution in [0, 0.1) is 0 Å². The number of oxime groups is 1. The number of nitrogen functional groups attached to an aromatic ring is 1. The summed E-state index contributed by atoms with van der Waals surface area (Å²) in [4.78, 5) is 47.3. The molecular formula is C18H23N7O7S2. The van der Waals surface area contributed by atoms with Gasteiger partial charge in [-0.1, -0.05) is 5.16 Å². The Bertz CT molecular complexity index is 1080. The summed E-state index contributed by atoms with van der Waals surface area (Å²) in [5, 5.41) is 37.4. The maximum absolute atomic E-state index is 12.9. The zero-order chi connectivity index (χ0) is 24.8. The summed E-state index contributed by atoms with van der Waals surface area (Å²) in [6.07, 6.45) is -1.81. The molecule has 3 aliphatic heterocycles. The van der Waals surface area contributed by atoms with Crippen molar-refractivity contribution in [2.24, 2.45) is 5.16 Å². The van der Waals surface area contributed by atoms with Crippen LogP contribution in [0.2, 0.25) is 0 Å². The van der Waals surface area contributed by atoms with Crippen molar-refractivity contribution in [1.29, 1.82) is 0 Å². The van der Waals surface area contributed by atoms with E-state index in [2.05, 4.69) is 24.7 Å². The minimum atomic E-state index is -1.51. The fraction of sp³-hybridized carbons (Fsp3) is 0.556. The molecule has 1 aromatic heterocycles. The molecule has 4 rings (SSSR count). The minimum Gasteiger partial charge on any atom is -0.543 e. The number of hydrogen-bond donors (Lipinski definition) is 4. The van der Waals surface area contributed by atoms with Crippen molar-refractivity contribution in [2.45, 2.75) is 23.6 Å². The second-order valence-electron chi connectivity index (χ2n) is 8.46. The maximum atomic E-state index is 12.9. The number of hydrogen-bond acceptors (Lipinski definition) is 13. The van der Waals surface area contributed by atoms with Crippen molar-refractivity contribution in [2.75, 3.05) is 45.3 Å². The lowest BCUT2D eigenvalue weighted by molar-refractivity contribution is -0.895. The third kappa shape index (κ3) is 4.34. The van der Waals surface area contributed by atoms with Crippen LogP contribution in [0.1, 0.15) is 5.82 Å². The van der Waals surface area contributed by atoms with Crippen LogP contribution in [0.15, 0.2) is 16.4 Å². The van der Waals surface area contributed by atoms with Gasteiger partial charge >= 0.3 is 0 Å². The highest BCUT2D eigenvalue weighted by atomic mass is 32.2. The Morgan fingerprint density at radius 2 is 2.06 bits per heavy atom. The molecule has 2 saturated heterocycles. The summed E-state index contributed by atoms with van der Waals surface area (Å²) in [6.45, 7) is 0.727. The number of carbonyl (C=O) groups is 3. The van der Waals surface area contributed by atoms with E-state index in [1.54, 1.807) is 7.05 Å². The molecule has 1 aromatic rings.